The Labute approximate surface area is 134 Å². The maximum Gasteiger partial charge on any atom is 0.387 e. The molecular formula is C14H20ClF2N3O2. The lowest BCUT2D eigenvalue weighted by Gasteiger charge is -2.22. The first-order chi connectivity index (χ1) is 10.1. The second-order valence-electron chi connectivity index (χ2n) is 4.88. The summed E-state index contributed by atoms with van der Waals surface area (Å²) in [6.45, 7) is -1.31. The molecular weight excluding hydrogens is 316 g/mol. The molecule has 1 amide bonds. The molecule has 1 saturated heterocycles. The van der Waals surface area contributed by atoms with Crippen LogP contribution in [0, 0.1) is 0 Å². The summed E-state index contributed by atoms with van der Waals surface area (Å²) in [6, 6.07) is 6.72. The summed E-state index contributed by atoms with van der Waals surface area (Å²) in [7, 11) is 1.71. The number of carbonyl (C=O) groups excluding carboxylic acids is 1. The lowest BCUT2D eigenvalue weighted by molar-refractivity contribution is -0.120. The molecule has 1 aliphatic rings. The Morgan fingerprint density at radius 3 is 2.86 bits per heavy atom. The van der Waals surface area contributed by atoms with E-state index in [2.05, 4.69) is 15.4 Å². The first-order valence-corrected chi connectivity index (χ1v) is 6.83. The molecule has 0 bridgehead atoms. The average molecular weight is 336 g/mol. The molecule has 8 heteroatoms. The number of para-hydroxylation sites is 2. The zero-order valence-electron chi connectivity index (χ0n) is 12.2. The molecule has 0 aliphatic carbocycles. The predicted octanol–water partition coefficient (Wildman–Crippen LogP) is 1.62. The van der Waals surface area contributed by atoms with Gasteiger partial charge >= 0.3 is 6.61 Å². The summed E-state index contributed by atoms with van der Waals surface area (Å²) < 4.78 is 29.4. The number of benzene rings is 1. The van der Waals surface area contributed by atoms with Crippen LogP contribution in [0.1, 0.15) is 6.42 Å². The number of hydrogen-bond acceptors (Lipinski definition) is 4. The first kappa shape index (κ1) is 18.4. The lowest BCUT2D eigenvalue weighted by Crippen LogP contribution is -2.41. The second-order valence-corrected chi connectivity index (χ2v) is 4.88. The van der Waals surface area contributed by atoms with Gasteiger partial charge in [-0.1, -0.05) is 12.1 Å². The van der Waals surface area contributed by atoms with Crippen LogP contribution < -0.4 is 20.3 Å². The summed E-state index contributed by atoms with van der Waals surface area (Å²) in [4.78, 5) is 13.5. The zero-order chi connectivity index (χ0) is 15.2. The van der Waals surface area contributed by atoms with Crippen molar-refractivity contribution in [3.8, 4) is 5.75 Å². The fourth-order valence-electron chi connectivity index (χ4n) is 2.45. The van der Waals surface area contributed by atoms with Crippen molar-refractivity contribution in [2.75, 3.05) is 31.6 Å². The molecule has 1 fully saturated rings. The average Bonchev–Trinajstić information content (AvgIpc) is 2.87. The van der Waals surface area contributed by atoms with E-state index in [-0.39, 0.29) is 36.7 Å². The van der Waals surface area contributed by atoms with E-state index in [0.29, 0.717) is 18.8 Å². The number of nitrogens with one attached hydrogen (secondary N) is 2. The third-order valence-corrected chi connectivity index (χ3v) is 3.31. The summed E-state index contributed by atoms with van der Waals surface area (Å²) in [5.41, 5.74) is 0.628. The molecule has 1 aliphatic heterocycles. The maximum absolute atomic E-state index is 12.4. The van der Waals surface area contributed by atoms with Crippen LogP contribution in [0.4, 0.5) is 14.5 Å². The number of amides is 1. The third-order valence-electron chi connectivity index (χ3n) is 3.31. The van der Waals surface area contributed by atoms with Gasteiger partial charge in [0.05, 0.1) is 12.2 Å². The number of carbonyl (C=O) groups is 1. The van der Waals surface area contributed by atoms with Crippen LogP contribution in [0.3, 0.4) is 0 Å². The zero-order valence-corrected chi connectivity index (χ0v) is 13.0. The van der Waals surface area contributed by atoms with Crippen molar-refractivity contribution in [3.63, 3.8) is 0 Å². The number of likely N-dealkylation sites (N-methyl/N-ethyl adjacent to an activating group) is 1. The van der Waals surface area contributed by atoms with Gasteiger partial charge in [0.15, 0.2) is 0 Å². The van der Waals surface area contributed by atoms with Gasteiger partial charge in [-0.2, -0.15) is 8.78 Å². The number of rotatable bonds is 6. The molecule has 0 spiro atoms. The van der Waals surface area contributed by atoms with Crippen molar-refractivity contribution < 1.29 is 18.3 Å². The Hall–Kier alpha value is -1.60. The number of alkyl halides is 2. The molecule has 1 aromatic rings. The van der Waals surface area contributed by atoms with Crippen molar-refractivity contribution in [1.82, 2.24) is 10.6 Å². The topological polar surface area (TPSA) is 53.6 Å². The van der Waals surface area contributed by atoms with Crippen LogP contribution in [0.5, 0.6) is 5.75 Å². The van der Waals surface area contributed by atoms with E-state index in [0.717, 1.165) is 6.42 Å². The third kappa shape index (κ3) is 4.99. The van der Waals surface area contributed by atoms with Crippen molar-refractivity contribution in [2.45, 2.75) is 19.1 Å². The first-order valence-electron chi connectivity index (χ1n) is 6.83. The highest BCUT2D eigenvalue weighted by molar-refractivity contribution is 5.85. The van der Waals surface area contributed by atoms with Crippen molar-refractivity contribution in [1.29, 1.82) is 0 Å². The number of nitrogens with zero attached hydrogens (tertiary/aromatic N) is 1. The molecule has 1 heterocycles. The number of ether oxygens (including phenoxy) is 1. The van der Waals surface area contributed by atoms with Gasteiger partial charge in [0.25, 0.3) is 0 Å². The van der Waals surface area contributed by atoms with Gasteiger partial charge in [0.1, 0.15) is 5.75 Å². The highest BCUT2D eigenvalue weighted by Crippen LogP contribution is 2.31. The van der Waals surface area contributed by atoms with E-state index in [9.17, 15) is 13.6 Å². The van der Waals surface area contributed by atoms with Crippen molar-refractivity contribution in [3.05, 3.63) is 24.3 Å². The Morgan fingerprint density at radius 2 is 2.18 bits per heavy atom. The van der Waals surface area contributed by atoms with E-state index in [1.807, 2.05) is 4.90 Å². The van der Waals surface area contributed by atoms with Crippen LogP contribution in [0.15, 0.2) is 24.3 Å². The van der Waals surface area contributed by atoms with E-state index < -0.39 is 6.61 Å². The fraction of sp³-hybridized carbons (Fsp3) is 0.500. The summed E-state index contributed by atoms with van der Waals surface area (Å²) in [6.07, 6.45) is 0.776. The van der Waals surface area contributed by atoms with Crippen LogP contribution in [-0.2, 0) is 4.79 Å². The Balaban J connectivity index is 0.00000242. The molecule has 0 aromatic heterocycles. The summed E-state index contributed by atoms with van der Waals surface area (Å²) >= 11 is 0. The summed E-state index contributed by atoms with van der Waals surface area (Å²) in [5, 5.41) is 5.69. The normalized spacial score (nSPS) is 17.3. The van der Waals surface area contributed by atoms with E-state index in [1.165, 1.54) is 6.07 Å². The Kier molecular flexibility index (Phi) is 7.34. The minimum absolute atomic E-state index is 0. The maximum atomic E-state index is 12.4. The Morgan fingerprint density at radius 1 is 1.45 bits per heavy atom. The molecule has 1 aromatic carbocycles. The van der Waals surface area contributed by atoms with Gasteiger partial charge in [-0.3, -0.25) is 4.79 Å². The largest absolute Gasteiger partial charge is 0.433 e. The smallest absolute Gasteiger partial charge is 0.387 e. The molecule has 0 saturated carbocycles. The minimum Gasteiger partial charge on any atom is -0.433 e. The van der Waals surface area contributed by atoms with Gasteiger partial charge < -0.3 is 20.3 Å². The van der Waals surface area contributed by atoms with Crippen LogP contribution in [-0.4, -0.2) is 45.2 Å². The standard InChI is InChI=1S/C14H19F2N3O2.ClH/c1-17-8-13(20)18-10-6-7-19(9-10)11-4-2-3-5-12(11)21-14(15)16;/h2-5,10,14,17H,6-9H2,1H3,(H,18,20);1H. The lowest BCUT2D eigenvalue weighted by atomic mass is 10.2. The predicted molar refractivity (Wildman–Crippen MR) is 83.0 cm³/mol. The second kappa shape index (κ2) is 8.75. The van der Waals surface area contributed by atoms with E-state index in [1.54, 1.807) is 25.2 Å². The van der Waals surface area contributed by atoms with Gasteiger partial charge in [0, 0.05) is 19.1 Å². The molecule has 1 atom stereocenters. The van der Waals surface area contributed by atoms with E-state index >= 15 is 0 Å². The quantitative estimate of drug-likeness (QED) is 0.829. The van der Waals surface area contributed by atoms with E-state index in [4.69, 9.17) is 0 Å². The monoisotopic (exact) mass is 335 g/mol. The Bertz CT molecular complexity index is 491. The summed E-state index contributed by atoms with van der Waals surface area (Å²) in [5.74, 6) is 0.0937. The molecule has 2 rings (SSSR count). The van der Waals surface area contributed by atoms with Gasteiger partial charge in [-0.05, 0) is 25.6 Å². The number of hydrogen-bond donors (Lipinski definition) is 2. The molecule has 0 radical (unpaired) electrons. The minimum atomic E-state index is -2.85. The number of halogens is 3. The van der Waals surface area contributed by atoms with Gasteiger partial charge in [0.2, 0.25) is 5.91 Å². The van der Waals surface area contributed by atoms with Crippen LogP contribution in [0.25, 0.3) is 0 Å². The van der Waals surface area contributed by atoms with Crippen LogP contribution >= 0.6 is 12.4 Å². The van der Waals surface area contributed by atoms with Crippen molar-refractivity contribution >= 4 is 24.0 Å². The molecule has 2 N–H and O–H groups in total. The number of anilines is 1. The SMILES string of the molecule is CNCC(=O)NC1CCN(c2ccccc2OC(F)F)C1.Cl. The molecule has 5 nitrogen and oxygen atoms in total. The molecule has 22 heavy (non-hydrogen) atoms. The van der Waals surface area contributed by atoms with Gasteiger partial charge in [-0.25, -0.2) is 0 Å². The highest BCUT2D eigenvalue weighted by Gasteiger charge is 2.26. The van der Waals surface area contributed by atoms with Crippen LogP contribution in [0.2, 0.25) is 0 Å². The molecule has 1 unspecified atom stereocenters. The van der Waals surface area contributed by atoms with Crippen molar-refractivity contribution in [2.24, 2.45) is 0 Å². The van der Waals surface area contributed by atoms with Gasteiger partial charge in [-0.15, -0.1) is 12.4 Å². The highest BCUT2D eigenvalue weighted by atomic mass is 35.5. The molecule has 124 valence electrons. The fourth-order valence-corrected chi connectivity index (χ4v) is 2.45.